The molecule has 1 saturated heterocycles. The number of methoxy groups -OCH3 is 1. The third kappa shape index (κ3) is 8.91. The van der Waals surface area contributed by atoms with Gasteiger partial charge in [0.2, 0.25) is 11.8 Å². The van der Waals surface area contributed by atoms with E-state index in [1.54, 1.807) is 12.0 Å². The van der Waals surface area contributed by atoms with Crippen molar-refractivity contribution in [3.8, 4) is 11.5 Å². The summed E-state index contributed by atoms with van der Waals surface area (Å²) in [5, 5.41) is 12.9. The summed E-state index contributed by atoms with van der Waals surface area (Å²) in [5.41, 5.74) is 2.52. The van der Waals surface area contributed by atoms with E-state index in [2.05, 4.69) is 41.2 Å². The Morgan fingerprint density at radius 3 is 2.62 bits per heavy atom. The Morgan fingerprint density at radius 2 is 1.93 bits per heavy atom. The molecular weight excluding hydrogens is 536 g/mol. The molecule has 0 aromatic heterocycles. The molecule has 0 unspecified atom stereocenters. The van der Waals surface area contributed by atoms with Crippen LogP contribution < -0.4 is 14.8 Å². The predicted octanol–water partition coefficient (Wildman–Crippen LogP) is 2.64. The standard InChI is InChI=1S/C32H46N4O6/c1-23-19-36(24(2)22-37)32(39)18-26-17-27(33-31(38)11-12-35-13-15-41-16-14-35)7-10-29(26)42-30(23)21-34(3)20-25-5-8-28(40-4)9-6-25/h5-10,17,23-24,30,37H,11-16,18-22H2,1-4H3,(H,33,38)/t23-,24+,30+/m0/s1. The van der Waals surface area contributed by atoms with Crippen LogP contribution in [0.15, 0.2) is 42.5 Å². The molecule has 0 radical (unpaired) electrons. The highest BCUT2D eigenvalue weighted by atomic mass is 16.5. The zero-order valence-corrected chi connectivity index (χ0v) is 25.4. The lowest BCUT2D eigenvalue weighted by atomic mass is 10.0. The number of anilines is 1. The van der Waals surface area contributed by atoms with Gasteiger partial charge < -0.3 is 29.5 Å². The zero-order chi connectivity index (χ0) is 30.1. The lowest BCUT2D eigenvalue weighted by Gasteiger charge is -2.34. The van der Waals surface area contributed by atoms with Crippen LogP contribution in [-0.2, 0) is 27.3 Å². The summed E-state index contributed by atoms with van der Waals surface area (Å²) in [7, 11) is 3.72. The molecule has 2 aromatic carbocycles. The van der Waals surface area contributed by atoms with Crippen molar-refractivity contribution in [2.75, 3.05) is 72.0 Å². The van der Waals surface area contributed by atoms with Crippen molar-refractivity contribution in [2.45, 2.75) is 45.4 Å². The molecule has 2 heterocycles. The molecule has 10 nitrogen and oxygen atoms in total. The van der Waals surface area contributed by atoms with E-state index in [9.17, 15) is 14.7 Å². The monoisotopic (exact) mass is 582 g/mol. The van der Waals surface area contributed by atoms with Crippen molar-refractivity contribution < 1.29 is 28.9 Å². The molecule has 0 spiro atoms. The van der Waals surface area contributed by atoms with E-state index in [4.69, 9.17) is 14.2 Å². The summed E-state index contributed by atoms with van der Waals surface area (Å²) in [5.74, 6) is 1.33. The van der Waals surface area contributed by atoms with E-state index in [0.717, 1.165) is 36.5 Å². The zero-order valence-electron chi connectivity index (χ0n) is 25.4. The summed E-state index contributed by atoms with van der Waals surface area (Å²) in [4.78, 5) is 32.4. The predicted molar refractivity (Wildman–Crippen MR) is 162 cm³/mol. The largest absolute Gasteiger partial charge is 0.497 e. The average Bonchev–Trinajstić information content (AvgIpc) is 3.04. The fourth-order valence-electron chi connectivity index (χ4n) is 5.45. The van der Waals surface area contributed by atoms with Crippen LogP contribution in [0, 0.1) is 5.92 Å². The summed E-state index contributed by atoms with van der Waals surface area (Å²) in [6.07, 6.45) is 0.299. The molecule has 3 atom stereocenters. The number of nitrogens with zero attached hydrogens (tertiary/aromatic N) is 3. The first kappa shape index (κ1) is 31.7. The van der Waals surface area contributed by atoms with Gasteiger partial charge in [-0.05, 0) is 49.9 Å². The van der Waals surface area contributed by atoms with Gasteiger partial charge in [-0.2, -0.15) is 0 Å². The molecule has 2 N–H and O–H groups in total. The molecule has 4 rings (SSSR count). The number of hydrogen-bond acceptors (Lipinski definition) is 8. The van der Waals surface area contributed by atoms with Crippen molar-refractivity contribution in [2.24, 2.45) is 5.92 Å². The van der Waals surface area contributed by atoms with Gasteiger partial charge in [-0.15, -0.1) is 0 Å². The Morgan fingerprint density at radius 1 is 1.19 bits per heavy atom. The van der Waals surface area contributed by atoms with Gasteiger partial charge in [-0.1, -0.05) is 19.1 Å². The smallest absolute Gasteiger partial charge is 0.227 e. The van der Waals surface area contributed by atoms with E-state index < -0.39 is 0 Å². The number of nitrogens with one attached hydrogen (secondary N) is 1. The number of aliphatic hydroxyl groups excluding tert-OH is 1. The number of aliphatic hydroxyl groups is 1. The number of amides is 2. The van der Waals surface area contributed by atoms with E-state index in [1.165, 1.54) is 0 Å². The van der Waals surface area contributed by atoms with Crippen molar-refractivity contribution in [3.63, 3.8) is 0 Å². The van der Waals surface area contributed by atoms with Crippen LogP contribution in [0.4, 0.5) is 5.69 Å². The van der Waals surface area contributed by atoms with Crippen LogP contribution in [0.3, 0.4) is 0 Å². The van der Waals surface area contributed by atoms with Crippen molar-refractivity contribution in [1.29, 1.82) is 0 Å². The van der Waals surface area contributed by atoms with Gasteiger partial charge in [0.1, 0.15) is 17.6 Å². The van der Waals surface area contributed by atoms with Crippen LogP contribution in [0.5, 0.6) is 11.5 Å². The van der Waals surface area contributed by atoms with Crippen molar-refractivity contribution in [3.05, 3.63) is 53.6 Å². The van der Waals surface area contributed by atoms with Gasteiger partial charge in [-0.25, -0.2) is 0 Å². The highest BCUT2D eigenvalue weighted by Crippen LogP contribution is 2.29. The van der Waals surface area contributed by atoms with E-state index in [0.29, 0.717) is 50.7 Å². The summed E-state index contributed by atoms with van der Waals surface area (Å²) < 4.78 is 17.3. The third-order valence-electron chi connectivity index (χ3n) is 8.06. The maximum Gasteiger partial charge on any atom is 0.227 e. The number of benzene rings is 2. The molecule has 0 aliphatic carbocycles. The molecule has 1 fully saturated rings. The van der Waals surface area contributed by atoms with Crippen LogP contribution in [0.25, 0.3) is 0 Å². The lowest BCUT2D eigenvalue weighted by Crippen LogP contribution is -2.47. The number of ether oxygens (including phenoxy) is 3. The minimum Gasteiger partial charge on any atom is -0.497 e. The number of fused-ring (bicyclic) bond motifs is 1. The highest BCUT2D eigenvalue weighted by molar-refractivity contribution is 5.91. The van der Waals surface area contributed by atoms with Gasteiger partial charge in [-0.3, -0.25) is 19.4 Å². The summed E-state index contributed by atoms with van der Waals surface area (Å²) >= 11 is 0. The average molecular weight is 583 g/mol. The Balaban J connectivity index is 1.49. The van der Waals surface area contributed by atoms with Crippen LogP contribution in [0.1, 0.15) is 31.4 Å². The molecule has 0 saturated carbocycles. The number of hydrogen-bond donors (Lipinski definition) is 2. The maximum absolute atomic E-state index is 13.5. The Labute approximate surface area is 249 Å². The lowest BCUT2D eigenvalue weighted by molar-refractivity contribution is -0.134. The molecule has 2 aliphatic heterocycles. The molecule has 42 heavy (non-hydrogen) atoms. The Hall–Kier alpha value is -3.18. The van der Waals surface area contributed by atoms with Crippen molar-refractivity contribution >= 4 is 17.5 Å². The number of likely N-dealkylation sites (N-methyl/N-ethyl adjacent to an activating group) is 1. The molecular formula is C32H46N4O6. The van der Waals surface area contributed by atoms with Crippen molar-refractivity contribution in [1.82, 2.24) is 14.7 Å². The fourth-order valence-corrected chi connectivity index (χ4v) is 5.45. The molecule has 230 valence electrons. The second-order valence-corrected chi connectivity index (χ2v) is 11.5. The van der Waals surface area contributed by atoms with E-state index in [-0.39, 0.29) is 42.9 Å². The first-order valence-corrected chi connectivity index (χ1v) is 14.9. The quantitative estimate of drug-likeness (QED) is 0.417. The first-order chi connectivity index (χ1) is 20.2. The first-order valence-electron chi connectivity index (χ1n) is 14.9. The molecule has 2 amide bonds. The fraction of sp³-hybridized carbons (Fsp3) is 0.562. The summed E-state index contributed by atoms with van der Waals surface area (Å²) in [6, 6.07) is 13.2. The Bertz CT molecular complexity index is 1170. The van der Waals surface area contributed by atoms with Crippen LogP contribution >= 0.6 is 0 Å². The van der Waals surface area contributed by atoms with Gasteiger partial charge in [0.15, 0.2) is 0 Å². The topological polar surface area (TPSA) is 104 Å². The highest BCUT2D eigenvalue weighted by Gasteiger charge is 2.31. The van der Waals surface area contributed by atoms with E-state index in [1.807, 2.05) is 37.3 Å². The minimum atomic E-state index is -0.317. The SMILES string of the molecule is COc1ccc(CN(C)C[C@H]2Oc3ccc(NC(=O)CCN4CCOCC4)cc3CC(=O)N([C@H](C)CO)C[C@@H]2C)cc1. The molecule has 2 aliphatic rings. The summed E-state index contributed by atoms with van der Waals surface area (Å²) in [6.45, 7) is 9.42. The number of morpholine rings is 1. The van der Waals surface area contributed by atoms with Crippen LogP contribution in [0.2, 0.25) is 0 Å². The minimum absolute atomic E-state index is 0.00628. The van der Waals surface area contributed by atoms with Gasteiger partial charge >= 0.3 is 0 Å². The van der Waals surface area contributed by atoms with Crippen LogP contribution in [-0.4, -0.2) is 110 Å². The van der Waals surface area contributed by atoms with E-state index >= 15 is 0 Å². The van der Waals surface area contributed by atoms with Gasteiger partial charge in [0, 0.05) is 62.9 Å². The second-order valence-electron chi connectivity index (χ2n) is 11.5. The normalized spacial score (nSPS) is 20.6. The van der Waals surface area contributed by atoms with Gasteiger partial charge in [0.05, 0.1) is 39.4 Å². The number of carbonyl (C=O) groups is 2. The molecule has 0 bridgehead atoms. The Kier molecular flexibility index (Phi) is 11.6. The molecule has 10 heteroatoms. The molecule has 2 aromatic rings. The second kappa shape index (κ2) is 15.3. The maximum atomic E-state index is 13.5. The number of carbonyl (C=O) groups excluding carboxylic acids is 2. The third-order valence-corrected chi connectivity index (χ3v) is 8.06. The van der Waals surface area contributed by atoms with Gasteiger partial charge in [0.25, 0.3) is 0 Å². The number of rotatable bonds is 11.